The first-order valence-corrected chi connectivity index (χ1v) is 11.0. The largest absolute Gasteiger partial charge is 0.383 e. The molecule has 4 bridgehead atoms. The van der Waals surface area contributed by atoms with Gasteiger partial charge in [-0.05, 0) is 80.7 Å². The van der Waals surface area contributed by atoms with Crippen molar-refractivity contribution in [2.45, 2.75) is 56.6 Å². The summed E-state index contributed by atoms with van der Waals surface area (Å²) in [7, 11) is 0. The van der Waals surface area contributed by atoms with E-state index in [-0.39, 0.29) is 18.1 Å². The van der Waals surface area contributed by atoms with Gasteiger partial charge in [-0.1, -0.05) is 18.2 Å². The Morgan fingerprint density at radius 3 is 2.44 bits per heavy atom. The molecular weight excluding hydrogens is 356 g/mol. The van der Waals surface area contributed by atoms with Crippen molar-refractivity contribution in [3.8, 4) is 0 Å². The molecular formula is C22H28N2O2S. The van der Waals surface area contributed by atoms with E-state index in [0.717, 1.165) is 52.0 Å². The average Bonchev–Trinajstić information content (AvgIpc) is 3.04. The molecule has 0 unspecified atom stereocenters. The van der Waals surface area contributed by atoms with Crippen LogP contribution in [0.25, 0.3) is 10.1 Å². The zero-order chi connectivity index (χ0) is 18.6. The number of carbonyl (C=O) groups is 1. The molecule has 1 heterocycles. The fourth-order valence-electron chi connectivity index (χ4n) is 6.14. The van der Waals surface area contributed by atoms with Crippen LogP contribution in [-0.4, -0.2) is 23.2 Å². The van der Waals surface area contributed by atoms with E-state index in [1.165, 1.54) is 19.3 Å². The number of nitrogens with one attached hydrogen (secondary N) is 2. The van der Waals surface area contributed by atoms with Gasteiger partial charge in [0.15, 0.2) is 0 Å². The minimum atomic E-state index is -1.07. The van der Waals surface area contributed by atoms with Gasteiger partial charge in [-0.2, -0.15) is 0 Å². The Labute approximate surface area is 164 Å². The molecule has 4 nitrogen and oxygen atoms in total. The van der Waals surface area contributed by atoms with Gasteiger partial charge >= 0.3 is 6.03 Å². The van der Waals surface area contributed by atoms with Gasteiger partial charge in [0, 0.05) is 15.1 Å². The van der Waals surface area contributed by atoms with E-state index in [9.17, 15) is 9.90 Å². The van der Waals surface area contributed by atoms with Crippen LogP contribution >= 0.6 is 11.3 Å². The Kier molecular flexibility index (Phi) is 4.03. The van der Waals surface area contributed by atoms with Crippen LogP contribution in [0.5, 0.6) is 0 Å². The van der Waals surface area contributed by atoms with Crippen LogP contribution in [0.15, 0.2) is 30.3 Å². The number of fused-ring (bicyclic) bond motifs is 1. The Bertz CT molecular complexity index is 804. The Balaban J connectivity index is 1.23. The molecule has 4 aliphatic rings. The highest BCUT2D eigenvalue weighted by atomic mass is 32.1. The van der Waals surface area contributed by atoms with Gasteiger partial charge in [-0.25, -0.2) is 4.79 Å². The quantitative estimate of drug-likeness (QED) is 0.733. The number of thiophene rings is 1. The van der Waals surface area contributed by atoms with Crippen molar-refractivity contribution in [1.82, 2.24) is 10.6 Å². The van der Waals surface area contributed by atoms with Crippen molar-refractivity contribution >= 4 is 27.5 Å². The lowest BCUT2D eigenvalue weighted by atomic mass is 9.53. The molecule has 1 aromatic carbocycles. The van der Waals surface area contributed by atoms with Crippen molar-refractivity contribution in [2.75, 3.05) is 6.54 Å². The first-order chi connectivity index (χ1) is 12.9. The second-order valence-electron chi connectivity index (χ2n) is 9.43. The smallest absolute Gasteiger partial charge is 0.315 e. The monoisotopic (exact) mass is 384 g/mol. The summed E-state index contributed by atoms with van der Waals surface area (Å²) in [5, 5.41) is 18.3. The van der Waals surface area contributed by atoms with Gasteiger partial charge in [-0.15, -0.1) is 11.3 Å². The molecule has 0 saturated heterocycles. The third kappa shape index (κ3) is 3.25. The maximum absolute atomic E-state index is 12.6. The Morgan fingerprint density at radius 1 is 1.19 bits per heavy atom. The first kappa shape index (κ1) is 17.5. The zero-order valence-corrected chi connectivity index (χ0v) is 16.6. The molecule has 3 N–H and O–H groups in total. The van der Waals surface area contributed by atoms with E-state index < -0.39 is 5.60 Å². The minimum Gasteiger partial charge on any atom is -0.383 e. The summed E-state index contributed by atoms with van der Waals surface area (Å²) in [6.45, 7) is 2.00. The maximum atomic E-state index is 12.6. The highest BCUT2D eigenvalue weighted by Gasteiger charge is 2.51. The van der Waals surface area contributed by atoms with E-state index >= 15 is 0 Å². The third-order valence-corrected chi connectivity index (χ3v) is 8.34. The summed E-state index contributed by atoms with van der Waals surface area (Å²) in [6, 6.07) is 10.0. The molecule has 4 aliphatic carbocycles. The number of urea groups is 1. The van der Waals surface area contributed by atoms with Crippen molar-refractivity contribution in [2.24, 2.45) is 17.8 Å². The molecule has 2 aromatic rings. The molecule has 4 fully saturated rings. The fraction of sp³-hybridized carbons (Fsp3) is 0.591. The summed E-state index contributed by atoms with van der Waals surface area (Å²) >= 11 is 1.59. The van der Waals surface area contributed by atoms with Crippen LogP contribution < -0.4 is 10.6 Å². The number of hydrogen-bond acceptors (Lipinski definition) is 3. The van der Waals surface area contributed by atoms with Crippen LogP contribution in [0.1, 0.15) is 50.3 Å². The number of rotatable bonds is 4. The number of aliphatic hydroxyl groups is 1. The molecule has 0 radical (unpaired) electrons. The zero-order valence-electron chi connectivity index (χ0n) is 15.8. The third-order valence-electron chi connectivity index (χ3n) is 6.97. The lowest BCUT2D eigenvalue weighted by molar-refractivity contribution is -0.0141. The van der Waals surface area contributed by atoms with E-state index in [1.807, 2.05) is 18.2 Å². The molecule has 27 heavy (non-hydrogen) atoms. The van der Waals surface area contributed by atoms with Crippen LogP contribution in [0.3, 0.4) is 0 Å². The predicted molar refractivity (Wildman–Crippen MR) is 109 cm³/mol. The average molecular weight is 385 g/mol. The highest BCUT2D eigenvalue weighted by molar-refractivity contribution is 7.19. The molecule has 5 heteroatoms. The van der Waals surface area contributed by atoms with Crippen molar-refractivity contribution in [3.05, 3.63) is 35.2 Å². The normalized spacial score (nSPS) is 33.8. The maximum Gasteiger partial charge on any atom is 0.315 e. The van der Waals surface area contributed by atoms with Gasteiger partial charge in [0.1, 0.15) is 5.60 Å². The summed E-state index contributed by atoms with van der Waals surface area (Å²) in [5.74, 6) is 2.41. The SMILES string of the molecule is C[C@](O)(CNC(=O)NC12CC3CC(CC(C3)C1)C2)c1cc2ccccc2s1. The van der Waals surface area contributed by atoms with Gasteiger partial charge in [-0.3, -0.25) is 0 Å². The van der Waals surface area contributed by atoms with Crippen LogP contribution in [0, 0.1) is 17.8 Å². The van der Waals surface area contributed by atoms with Crippen molar-refractivity contribution in [3.63, 3.8) is 0 Å². The summed E-state index contributed by atoms with van der Waals surface area (Å²) in [5.41, 5.74) is -1.06. The predicted octanol–water partition coefficient (Wildman–Crippen LogP) is 4.38. The molecule has 0 spiro atoms. The number of benzene rings is 1. The minimum absolute atomic E-state index is 0.00228. The van der Waals surface area contributed by atoms with Crippen molar-refractivity contribution in [1.29, 1.82) is 0 Å². The van der Waals surface area contributed by atoms with E-state index in [1.54, 1.807) is 18.3 Å². The first-order valence-electron chi connectivity index (χ1n) is 10.2. The summed E-state index contributed by atoms with van der Waals surface area (Å²) in [4.78, 5) is 13.5. The molecule has 6 rings (SSSR count). The lowest BCUT2D eigenvalue weighted by Gasteiger charge is -2.56. The Hall–Kier alpha value is -1.59. The van der Waals surface area contributed by atoms with Crippen LogP contribution in [0.2, 0.25) is 0 Å². The van der Waals surface area contributed by atoms with Gasteiger partial charge in [0.05, 0.1) is 6.54 Å². The van der Waals surface area contributed by atoms with Gasteiger partial charge in [0.2, 0.25) is 0 Å². The standard InChI is InChI=1S/C22H28N2O2S/c1-21(26,19-9-17-4-2-3-5-18(17)27-19)13-23-20(25)24-22-10-14-6-15(11-22)8-16(7-14)12-22/h2-5,9,14-16,26H,6-8,10-13H2,1H3,(H2,23,24,25)/t14?,15?,16?,21-,22?/m0/s1. The molecule has 1 aromatic heterocycles. The fourth-order valence-corrected chi connectivity index (χ4v) is 7.24. The summed E-state index contributed by atoms with van der Waals surface area (Å²) in [6.07, 6.45) is 7.51. The molecule has 1 atom stereocenters. The molecule has 2 amide bonds. The van der Waals surface area contributed by atoms with Gasteiger partial charge in [0.25, 0.3) is 0 Å². The Morgan fingerprint density at radius 2 is 1.81 bits per heavy atom. The highest BCUT2D eigenvalue weighted by Crippen LogP contribution is 2.55. The lowest BCUT2D eigenvalue weighted by Crippen LogP contribution is -2.62. The van der Waals surface area contributed by atoms with E-state index in [4.69, 9.17) is 0 Å². The number of amides is 2. The second kappa shape index (κ2) is 6.21. The van der Waals surface area contributed by atoms with Gasteiger partial charge < -0.3 is 15.7 Å². The topological polar surface area (TPSA) is 61.4 Å². The van der Waals surface area contributed by atoms with E-state index in [0.29, 0.717) is 0 Å². The van der Waals surface area contributed by atoms with Crippen LogP contribution in [-0.2, 0) is 5.60 Å². The second-order valence-corrected chi connectivity index (χ2v) is 10.5. The summed E-state index contributed by atoms with van der Waals surface area (Å²) < 4.78 is 1.16. The van der Waals surface area contributed by atoms with E-state index in [2.05, 4.69) is 22.8 Å². The number of carbonyl (C=O) groups excluding carboxylic acids is 1. The number of hydrogen-bond donors (Lipinski definition) is 3. The van der Waals surface area contributed by atoms with Crippen molar-refractivity contribution < 1.29 is 9.90 Å². The molecule has 0 aliphatic heterocycles. The van der Waals surface area contributed by atoms with Crippen LogP contribution in [0.4, 0.5) is 4.79 Å². The molecule has 144 valence electrons. The molecule has 4 saturated carbocycles.